The Balaban J connectivity index is 3.50. The van der Waals surface area contributed by atoms with Crippen molar-refractivity contribution in [1.29, 1.82) is 0 Å². The van der Waals surface area contributed by atoms with Crippen LogP contribution in [-0.2, 0) is 5.50 Å². The van der Waals surface area contributed by atoms with Crippen LogP contribution in [0.1, 0.15) is 12.5 Å². The summed E-state index contributed by atoms with van der Waals surface area (Å²) in [7, 11) is 7.79. The van der Waals surface area contributed by atoms with Crippen molar-refractivity contribution in [2.24, 2.45) is 5.73 Å². The molecule has 1 aromatic rings. The summed E-state index contributed by atoms with van der Waals surface area (Å²) in [6, 6.07) is 1.74. The van der Waals surface area contributed by atoms with Crippen LogP contribution in [-0.4, -0.2) is 44.4 Å². The Hall–Kier alpha value is -1.65. The van der Waals surface area contributed by atoms with Gasteiger partial charge in [0.15, 0.2) is 11.5 Å². The number of alkyl halides is 3. The second-order valence-electron chi connectivity index (χ2n) is 4.67. The number of hydrogen-bond acceptors (Lipinski definition) is 6. The molecular weight excluding hydrogens is 306 g/mol. The third-order valence-electron chi connectivity index (χ3n) is 2.89. The Morgan fingerprint density at radius 2 is 1.55 bits per heavy atom. The maximum Gasteiger partial charge on any atom is 0.573 e. The molecule has 1 aromatic carbocycles. The molecule has 0 aliphatic carbocycles. The van der Waals surface area contributed by atoms with Crippen molar-refractivity contribution in [2.45, 2.75) is 24.5 Å². The molecule has 22 heavy (non-hydrogen) atoms. The molecule has 2 unspecified atom stereocenters. The fourth-order valence-electron chi connectivity index (χ4n) is 1.64. The van der Waals surface area contributed by atoms with Gasteiger partial charge in [-0.1, -0.05) is 0 Å². The Morgan fingerprint density at radius 1 is 1.05 bits per heavy atom. The predicted molar refractivity (Wildman–Crippen MR) is 70.7 cm³/mol. The molecule has 122 valence electrons. The van der Waals surface area contributed by atoms with Crippen molar-refractivity contribution in [3.05, 3.63) is 17.7 Å². The van der Waals surface area contributed by atoms with Crippen LogP contribution in [0.4, 0.5) is 13.2 Å². The van der Waals surface area contributed by atoms with E-state index in [4.69, 9.17) is 23.1 Å². The van der Waals surface area contributed by atoms with Gasteiger partial charge < -0.3 is 30.2 Å². The monoisotopic (exact) mass is 321 g/mol. The molecule has 0 bridgehead atoms. The molecule has 2 radical (unpaired) electrons. The zero-order valence-corrected chi connectivity index (χ0v) is 12.1. The lowest BCUT2D eigenvalue weighted by Gasteiger charge is -2.37. The molecule has 0 spiro atoms. The summed E-state index contributed by atoms with van der Waals surface area (Å²) in [5.74, 6) is -1.37. The van der Waals surface area contributed by atoms with Gasteiger partial charge in [0.2, 0.25) is 0 Å². The predicted octanol–water partition coefficient (Wildman–Crippen LogP) is 0.583. The van der Waals surface area contributed by atoms with Crippen molar-refractivity contribution < 1.29 is 37.6 Å². The molecule has 1 rings (SSSR count). The van der Waals surface area contributed by atoms with Gasteiger partial charge in [0.05, 0.1) is 19.7 Å². The van der Waals surface area contributed by atoms with Gasteiger partial charge in [-0.15, -0.1) is 13.2 Å². The average Bonchev–Trinajstić information content (AvgIpc) is 2.34. The number of halogens is 3. The molecule has 0 aliphatic heterocycles. The second-order valence-corrected chi connectivity index (χ2v) is 4.67. The molecule has 0 aliphatic rings. The number of hydrogen-bond donors (Lipinski definition) is 3. The minimum atomic E-state index is -4.96. The molecular formula is C12H15BF3NO5. The summed E-state index contributed by atoms with van der Waals surface area (Å²) in [6.45, 7) is 1.01. The Bertz CT molecular complexity index is 543. The van der Waals surface area contributed by atoms with Crippen LogP contribution in [0.25, 0.3) is 0 Å². The smallest absolute Gasteiger partial charge is 0.496 e. The standard InChI is InChI=1S/C12H15BF3NO5/c1-10(17,18)11(13,19)6-4-8(21-3)9(5-7(6)20-2)22-12(14,15)16/h4-5,18-19H,17H2,1-3H3. The summed E-state index contributed by atoms with van der Waals surface area (Å²) in [5.41, 5.74) is 0.256. The van der Waals surface area contributed by atoms with Crippen LogP contribution in [0.2, 0.25) is 0 Å². The van der Waals surface area contributed by atoms with E-state index in [1.54, 1.807) is 0 Å². The first-order chi connectivity index (χ1) is 9.83. The number of nitrogens with two attached hydrogens (primary N) is 1. The molecule has 0 amide bonds. The third-order valence-corrected chi connectivity index (χ3v) is 2.89. The first-order valence-corrected chi connectivity index (χ1v) is 5.88. The van der Waals surface area contributed by atoms with Crippen LogP contribution < -0.4 is 19.9 Å². The molecule has 0 fully saturated rings. The van der Waals surface area contributed by atoms with Gasteiger partial charge in [0.1, 0.15) is 19.3 Å². The fraction of sp³-hybridized carbons (Fsp3) is 0.500. The summed E-state index contributed by atoms with van der Waals surface area (Å²) in [6.07, 6.45) is -4.96. The maximum atomic E-state index is 12.4. The van der Waals surface area contributed by atoms with E-state index in [1.807, 2.05) is 0 Å². The SMILES string of the molecule is [B]C(O)(c1cc(OC)c(OC(F)(F)F)cc1OC)C(C)(N)O. The summed E-state index contributed by atoms with van der Waals surface area (Å²) in [5, 5.41) is 19.9. The molecule has 10 heteroatoms. The highest BCUT2D eigenvalue weighted by Gasteiger charge is 2.42. The van der Waals surface area contributed by atoms with Gasteiger partial charge in [0, 0.05) is 11.6 Å². The van der Waals surface area contributed by atoms with Gasteiger partial charge in [-0.2, -0.15) is 0 Å². The topological polar surface area (TPSA) is 94.2 Å². The third kappa shape index (κ3) is 3.76. The maximum absolute atomic E-state index is 12.4. The highest BCUT2D eigenvalue weighted by Crippen LogP contribution is 2.42. The Kier molecular flexibility index (Phi) is 4.90. The molecule has 2 atom stereocenters. The zero-order chi connectivity index (χ0) is 17.3. The van der Waals surface area contributed by atoms with Crippen LogP contribution in [0.5, 0.6) is 17.2 Å². The van der Waals surface area contributed by atoms with Gasteiger partial charge in [-0.25, -0.2) is 0 Å². The molecule has 0 saturated heterocycles. The zero-order valence-electron chi connectivity index (χ0n) is 12.1. The van der Waals surface area contributed by atoms with Gasteiger partial charge in [-0.05, 0) is 13.0 Å². The lowest BCUT2D eigenvalue weighted by molar-refractivity contribution is -0.275. The van der Waals surface area contributed by atoms with Gasteiger partial charge in [0.25, 0.3) is 0 Å². The Labute approximate surface area is 126 Å². The highest BCUT2D eigenvalue weighted by atomic mass is 19.4. The van der Waals surface area contributed by atoms with E-state index >= 15 is 0 Å². The number of ether oxygens (including phenoxy) is 3. The quantitative estimate of drug-likeness (QED) is 0.543. The fourth-order valence-corrected chi connectivity index (χ4v) is 1.64. The van der Waals surface area contributed by atoms with Crippen LogP contribution in [0.15, 0.2) is 12.1 Å². The molecule has 6 nitrogen and oxygen atoms in total. The Morgan fingerprint density at radius 3 is 1.91 bits per heavy atom. The van der Waals surface area contributed by atoms with Gasteiger partial charge in [-0.3, -0.25) is 0 Å². The lowest BCUT2D eigenvalue weighted by atomic mass is 9.68. The van der Waals surface area contributed by atoms with E-state index in [2.05, 4.69) is 4.74 Å². The van der Waals surface area contributed by atoms with E-state index in [0.717, 1.165) is 33.3 Å². The first kappa shape index (κ1) is 18.4. The highest BCUT2D eigenvalue weighted by molar-refractivity contribution is 6.15. The lowest BCUT2D eigenvalue weighted by Crippen LogP contribution is -2.57. The average molecular weight is 321 g/mol. The second kappa shape index (κ2) is 5.86. The minimum absolute atomic E-state index is 0.282. The van der Waals surface area contributed by atoms with Crippen LogP contribution in [0, 0.1) is 0 Å². The van der Waals surface area contributed by atoms with E-state index < -0.39 is 23.3 Å². The summed E-state index contributed by atoms with van der Waals surface area (Å²) in [4.78, 5) is 0. The van der Waals surface area contributed by atoms with E-state index in [-0.39, 0.29) is 17.1 Å². The van der Waals surface area contributed by atoms with Gasteiger partial charge >= 0.3 is 6.36 Å². The number of rotatable bonds is 5. The molecule has 0 heterocycles. The number of benzene rings is 1. The molecule has 0 saturated carbocycles. The van der Waals surface area contributed by atoms with Crippen molar-refractivity contribution in [3.63, 3.8) is 0 Å². The van der Waals surface area contributed by atoms with Crippen molar-refractivity contribution in [3.8, 4) is 17.2 Å². The van der Waals surface area contributed by atoms with E-state index in [0.29, 0.717) is 0 Å². The van der Waals surface area contributed by atoms with E-state index in [9.17, 15) is 23.4 Å². The first-order valence-electron chi connectivity index (χ1n) is 5.88. The van der Waals surface area contributed by atoms with Crippen molar-refractivity contribution in [1.82, 2.24) is 0 Å². The summed E-state index contributed by atoms with van der Waals surface area (Å²) >= 11 is 0. The number of aliphatic hydroxyl groups is 2. The number of methoxy groups -OCH3 is 2. The van der Waals surface area contributed by atoms with Crippen LogP contribution in [0.3, 0.4) is 0 Å². The molecule has 0 aromatic heterocycles. The van der Waals surface area contributed by atoms with Crippen molar-refractivity contribution >= 4 is 7.85 Å². The van der Waals surface area contributed by atoms with Crippen molar-refractivity contribution in [2.75, 3.05) is 14.2 Å². The molecule has 4 N–H and O–H groups in total. The summed E-state index contributed by atoms with van der Waals surface area (Å²) < 4.78 is 50.5. The van der Waals surface area contributed by atoms with Crippen LogP contribution >= 0.6 is 0 Å². The van der Waals surface area contributed by atoms with E-state index in [1.165, 1.54) is 0 Å². The normalized spacial score (nSPS) is 17.3. The minimum Gasteiger partial charge on any atom is -0.496 e. The largest absolute Gasteiger partial charge is 0.573 e.